The Morgan fingerprint density at radius 2 is 1.97 bits per heavy atom. The van der Waals surface area contributed by atoms with Gasteiger partial charge in [-0.2, -0.15) is 4.31 Å². The van der Waals surface area contributed by atoms with Gasteiger partial charge in [-0.3, -0.25) is 4.79 Å². The van der Waals surface area contributed by atoms with E-state index in [9.17, 15) is 13.2 Å². The molecule has 162 valence electrons. The average Bonchev–Trinajstić information content (AvgIpc) is 3.41. The fourth-order valence-electron chi connectivity index (χ4n) is 4.21. The third-order valence-electron chi connectivity index (χ3n) is 6.04. The van der Waals surface area contributed by atoms with E-state index in [2.05, 4.69) is 24.1 Å². The second kappa shape index (κ2) is 8.77. The van der Waals surface area contributed by atoms with E-state index in [1.165, 1.54) is 9.87 Å². The number of piperidine rings is 1. The first-order valence-electron chi connectivity index (χ1n) is 10.7. The van der Waals surface area contributed by atoms with Gasteiger partial charge >= 0.3 is 0 Å². The predicted octanol–water partition coefficient (Wildman–Crippen LogP) is 3.47. The fraction of sp³-hybridized carbons (Fsp3) is 0.545. The summed E-state index contributed by atoms with van der Waals surface area (Å²) in [5.41, 5.74) is 3.31. The van der Waals surface area contributed by atoms with Crippen LogP contribution in [0.4, 0.5) is 0 Å². The van der Waals surface area contributed by atoms with Gasteiger partial charge in [-0.1, -0.05) is 19.9 Å². The van der Waals surface area contributed by atoms with Gasteiger partial charge in [-0.05, 0) is 55.4 Å². The Balaban J connectivity index is 1.32. The first kappa shape index (κ1) is 21.5. The van der Waals surface area contributed by atoms with E-state index in [-0.39, 0.29) is 11.8 Å². The first-order chi connectivity index (χ1) is 14.3. The van der Waals surface area contributed by atoms with E-state index < -0.39 is 10.0 Å². The molecule has 0 unspecified atom stereocenters. The molecule has 0 radical (unpaired) electrons. The summed E-state index contributed by atoms with van der Waals surface area (Å²) in [6.45, 7) is 5.39. The van der Waals surface area contributed by atoms with Crippen LogP contribution in [0.1, 0.15) is 60.9 Å². The number of amides is 1. The van der Waals surface area contributed by atoms with Gasteiger partial charge in [-0.15, -0.1) is 11.3 Å². The van der Waals surface area contributed by atoms with Crippen molar-refractivity contribution in [2.24, 2.45) is 5.92 Å². The SMILES string of the molecule is CC(C)c1nc(CNC(=O)C2CCN(S(=O)(=O)c3ccc4c(c3)CCC4)CC2)cs1. The molecule has 1 aromatic heterocycles. The normalized spacial score (nSPS) is 18.0. The van der Waals surface area contributed by atoms with Crippen molar-refractivity contribution in [1.82, 2.24) is 14.6 Å². The third-order valence-corrected chi connectivity index (χ3v) is 9.13. The van der Waals surface area contributed by atoms with Gasteiger partial charge < -0.3 is 5.32 Å². The topological polar surface area (TPSA) is 79.4 Å². The van der Waals surface area contributed by atoms with Gasteiger partial charge in [-0.25, -0.2) is 13.4 Å². The maximum absolute atomic E-state index is 13.0. The smallest absolute Gasteiger partial charge is 0.243 e. The van der Waals surface area contributed by atoms with Crippen molar-refractivity contribution < 1.29 is 13.2 Å². The average molecular weight is 448 g/mol. The van der Waals surface area contributed by atoms with Crippen LogP contribution in [0.5, 0.6) is 0 Å². The molecule has 6 nitrogen and oxygen atoms in total. The molecular formula is C22H29N3O3S2. The molecule has 8 heteroatoms. The van der Waals surface area contributed by atoms with Crippen molar-refractivity contribution in [3.8, 4) is 0 Å². The lowest BCUT2D eigenvalue weighted by molar-refractivity contribution is -0.126. The summed E-state index contributed by atoms with van der Waals surface area (Å²) in [4.78, 5) is 17.5. The van der Waals surface area contributed by atoms with Crippen LogP contribution in [0, 0.1) is 5.92 Å². The van der Waals surface area contributed by atoms with Crippen molar-refractivity contribution in [2.75, 3.05) is 13.1 Å². The summed E-state index contributed by atoms with van der Waals surface area (Å²) in [6.07, 6.45) is 4.18. The molecule has 0 bridgehead atoms. The lowest BCUT2D eigenvalue weighted by Crippen LogP contribution is -2.42. The minimum atomic E-state index is -3.50. The Hall–Kier alpha value is -1.77. The van der Waals surface area contributed by atoms with Crippen LogP contribution in [0.2, 0.25) is 0 Å². The molecule has 1 amide bonds. The molecule has 2 aromatic rings. The maximum atomic E-state index is 13.0. The number of nitrogens with one attached hydrogen (secondary N) is 1. The maximum Gasteiger partial charge on any atom is 0.243 e. The summed E-state index contributed by atoms with van der Waals surface area (Å²) < 4.78 is 27.6. The highest BCUT2D eigenvalue weighted by Crippen LogP contribution is 2.28. The van der Waals surface area contributed by atoms with Gasteiger partial charge in [0, 0.05) is 30.3 Å². The third kappa shape index (κ3) is 4.45. The Labute approximate surface area is 182 Å². The second-order valence-corrected chi connectivity index (χ2v) is 11.3. The van der Waals surface area contributed by atoms with Crippen LogP contribution < -0.4 is 5.32 Å². The highest BCUT2D eigenvalue weighted by atomic mass is 32.2. The number of sulfonamides is 1. The number of benzene rings is 1. The molecule has 1 N–H and O–H groups in total. The molecular weight excluding hydrogens is 418 g/mol. The summed E-state index contributed by atoms with van der Waals surface area (Å²) >= 11 is 1.62. The van der Waals surface area contributed by atoms with Crippen molar-refractivity contribution >= 4 is 27.3 Å². The summed E-state index contributed by atoms with van der Waals surface area (Å²) in [5, 5.41) is 6.03. The van der Waals surface area contributed by atoms with E-state index >= 15 is 0 Å². The summed E-state index contributed by atoms with van der Waals surface area (Å²) in [6, 6.07) is 5.53. The number of carbonyl (C=O) groups excluding carboxylic acids is 1. The van der Waals surface area contributed by atoms with Gasteiger partial charge in [0.05, 0.1) is 22.1 Å². The number of fused-ring (bicyclic) bond motifs is 1. The predicted molar refractivity (Wildman–Crippen MR) is 118 cm³/mol. The first-order valence-corrected chi connectivity index (χ1v) is 13.0. The number of aryl methyl sites for hydroxylation is 2. The minimum Gasteiger partial charge on any atom is -0.350 e. The van der Waals surface area contributed by atoms with E-state index in [0.717, 1.165) is 35.5 Å². The molecule has 0 saturated carbocycles. The van der Waals surface area contributed by atoms with Crippen LogP contribution >= 0.6 is 11.3 Å². The lowest BCUT2D eigenvalue weighted by atomic mass is 9.97. The number of aromatic nitrogens is 1. The van der Waals surface area contributed by atoms with Crippen molar-refractivity contribution in [1.29, 1.82) is 0 Å². The fourth-order valence-corrected chi connectivity index (χ4v) is 6.56. The van der Waals surface area contributed by atoms with Crippen LogP contribution in [0.25, 0.3) is 0 Å². The van der Waals surface area contributed by atoms with Crippen LogP contribution in [0.15, 0.2) is 28.5 Å². The van der Waals surface area contributed by atoms with Crippen LogP contribution in [0.3, 0.4) is 0 Å². The Kier molecular flexibility index (Phi) is 6.27. The van der Waals surface area contributed by atoms with Gasteiger partial charge in [0.15, 0.2) is 0 Å². The minimum absolute atomic E-state index is 0.0105. The highest BCUT2D eigenvalue weighted by Gasteiger charge is 2.32. The van der Waals surface area contributed by atoms with Crippen LogP contribution in [-0.4, -0.2) is 36.7 Å². The highest BCUT2D eigenvalue weighted by molar-refractivity contribution is 7.89. The number of carbonyl (C=O) groups is 1. The molecule has 0 atom stereocenters. The number of rotatable bonds is 6. The van der Waals surface area contributed by atoms with E-state index in [1.807, 2.05) is 17.5 Å². The molecule has 2 heterocycles. The standard InChI is InChI=1S/C22H29N3O3S2/c1-15(2)22-24-19(14-29-22)13-23-21(26)17-8-10-25(11-9-17)30(27,28)20-7-6-16-4-3-5-18(16)12-20/h6-7,12,14-15,17H,3-5,8-11,13H2,1-2H3,(H,23,26). The Bertz CT molecular complexity index is 1020. The van der Waals surface area contributed by atoms with E-state index in [1.54, 1.807) is 17.4 Å². The number of thiazole rings is 1. The monoisotopic (exact) mass is 447 g/mol. The lowest BCUT2D eigenvalue weighted by Gasteiger charge is -2.30. The van der Waals surface area contributed by atoms with E-state index in [4.69, 9.17) is 0 Å². The molecule has 1 aromatic carbocycles. The molecule has 1 aliphatic carbocycles. The molecule has 2 aliphatic rings. The molecule has 1 saturated heterocycles. The Morgan fingerprint density at radius 3 is 2.67 bits per heavy atom. The van der Waals surface area contributed by atoms with Gasteiger partial charge in [0.25, 0.3) is 0 Å². The van der Waals surface area contributed by atoms with Crippen molar-refractivity contribution in [3.63, 3.8) is 0 Å². The summed E-state index contributed by atoms with van der Waals surface area (Å²) in [7, 11) is -3.50. The molecule has 1 fully saturated rings. The zero-order chi connectivity index (χ0) is 21.3. The largest absolute Gasteiger partial charge is 0.350 e. The quantitative estimate of drug-likeness (QED) is 0.735. The number of hydrogen-bond donors (Lipinski definition) is 1. The molecule has 30 heavy (non-hydrogen) atoms. The van der Waals surface area contributed by atoms with Gasteiger partial charge in [0.1, 0.15) is 0 Å². The van der Waals surface area contributed by atoms with Gasteiger partial charge in [0.2, 0.25) is 15.9 Å². The zero-order valence-corrected chi connectivity index (χ0v) is 19.2. The van der Waals surface area contributed by atoms with Crippen molar-refractivity contribution in [2.45, 2.75) is 63.3 Å². The van der Waals surface area contributed by atoms with Crippen molar-refractivity contribution in [3.05, 3.63) is 45.4 Å². The van der Waals surface area contributed by atoms with Crippen LogP contribution in [-0.2, 0) is 34.2 Å². The van der Waals surface area contributed by atoms with E-state index in [0.29, 0.717) is 43.3 Å². The number of nitrogens with zero attached hydrogens (tertiary/aromatic N) is 2. The molecule has 1 aliphatic heterocycles. The molecule has 4 rings (SSSR count). The summed E-state index contributed by atoms with van der Waals surface area (Å²) in [5.74, 6) is 0.222. The zero-order valence-electron chi connectivity index (χ0n) is 17.6. The number of hydrogen-bond acceptors (Lipinski definition) is 5. The second-order valence-electron chi connectivity index (χ2n) is 8.51. The molecule has 0 spiro atoms. The Morgan fingerprint density at radius 1 is 1.23 bits per heavy atom.